The van der Waals surface area contributed by atoms with Crippen molar-refractivity contribution in [2.24, 2.45) is 0 Å². The molecule has 4 rings (SSSR count). The predicted octanol–water partition coefficient (Wildman–Crippen LogP) is 4.48. The van der Waals surface area contributed by atoms with Crippen LogP contribution in [0.25, 0.3) is 10.9 Å². The van der Waals surface area contributed by atoms with Crippen LogP contribution in [0, 0.1) is 5.82 Å². The molecule has 0 aliphatic heterocycles. The van der Waals surface area contributed by atoms with E-state index in [1.807, 2.05) is 0 Å². The molecular formula is C19H15ClFN5O2. The van der Waals surface area contributed by atoms with Gasteiger partial charge in [-0.15, -0.1) is 0 Å². The number of benzene rings is 2. The number of methoxy groups -OCH3 is 1. The van der Waals surface area contributed by atoms with E-state index in [0.717, 1.165) is 5.56 Å². The molecule has 0 aliphatic rings. The molecule has 0 atom stereocenters. The number of rotatable bonds is 6. The Balaban J connectivity index is 1.69. The Morgan fingerprint density at radius 3 is 2.82 bits per heavy atom. The van der Waals surface area contributed by atoms with E-state index >= 15 is 0 Å². The Kier molecular flexibility index (Phi) is 4.94. The van der Waals surface area contributed by atoms with Crippen molar-refractivity contribution < 1.29 is 13.9 Å². The van der Waals surface area contributed by atoms with Gasteiger partial charge in [-0.3, -0.25) is 5.10 Å². The standard InChI is InChI=1S/C19H15ClFN5O2/c1-27-17-5-13-16(6-18(17)28-9-11-7-24-25-8-11)22-10-23-19(13)26-15-3-2-12(20)4-14(15)21/h2-8,10H,9H2,1H3,(H,24,25)(H,22,23,26). The lowest BCUT2D eigenvalue weighted by Crippen LogP contribution is -2.00. The lowest BCUT2D eigenvalue weighted by molar-refractivity contribution is 0.285. The van der Waals surface area contributed by atoms with Gasteiger partial charge in [0.2, 0.25) is 0 Å². The van der Waals surface area contributed by atoms with E-state index in [2.05, 4.69) is 25.5 Å². The van der Waals surface area contributed by atoms with E-state index < -0.39 is 5.82 Å². The third-order valence-corrected chi connectivity index (χ3v) is 4.29. The number of fused-ring (bicyclic) bond motifs is 1. The summed E-state index contributed by atoms with van der Waals surface area (Å²) < 4.78 is 25.4. The number of hydrogen-bond acceptors (Lipinski definition) is 6. The highest BCUT2D eigenvalue weighted by molar-refractivity contribution is 6.30. The molecule has 2 aromatic heterocycles. The Morgan fingerprint density at radius 2 is 2.07 bits per heavy atom. The number of hydrogen-bond donors (Lipinski definition) is 2. The molecular weight excluding hydrogens is 385 g/mol. The number of nitrogens with one attached hydrogen (secondary N) is 2. The van der Waals surface area contributed by atoms with Gasteiger partial charge in [-0.2, -0.15) is 5.10 Å². The first-order valence-electron chi connectivity index (χ1n) is 8.29. The minimum atomic E-state index is -0.480. The van der Waals surface area contributed by atoms with Crippen molar-refractivity contribution in [1.29, 1.82) is 0 Å². The molecule has 2 aromatic carbocycles. The van der Waals surface area contributed by atoms with Crippen LogP contribution in [0.4, 0.5) is 15.9 Å². The van der Waals surface area contributed by atoms with Gasteiger partial charge in [0.25, 0.3) is 0 Å². The van der Waals surface area contributed by atoms with Crippen molar-refractivity contribution in [1.82, 2.24) is 20.2 Å². The molecule has 0 unspecified atom stereocenters. The van der Waals surface area contributed by atoms with Gasteiger partial charge in [0.1, 0.15) is 24.6 Å². The number of ether oxygens (including phenoxy) is 2. The van der Waals surface area contributed by atoms with Crippen LogP contribution < -0.4 is 14.8 Å². The highest BCUT2D eigenvalue weighted by Crippen LogP contribution is 2.35. The van der Waals surface area contributed by atoms with Crippen molar-refractivity contribution in [3.05, 3.63) is 65.5 Å². The molecule has 0 saturated carbocycles. The highest BCUT2D eigenvalue weighted by atomic mass is 35.5. The van der Waals surface area contributed by atoms with Crippen molar-refractivity contribution >= 4 is 34.0 Å². The fourth-order valence-corrected chi connectivity index (χ4v) is 2.83. The van der Waals surface area contributed by atoms with Gasteiger partial charge in [-0.05, 0) is 24.3 Å². The van der Waals surface area contributed by atoms with Gasteiger partial charge < -0.3 is 14.8 Å². The van der Waals surface area contributed by atoms with Crippen LogP contribution in [0.3, 0.4) is 0 Å². The molecule has 0 aliphatic carbocycles. The lowest BCUT2D eigenvalue weighted by atomic mass is 10.2. The zero-order valence-electron chi connectivity index (χ0n) is 14.7. The van der Waals surface area contributed by atoms with Gasteiger partial charge in [-0.1, -0.05) is 11.6 Å². The second-order valence-electron chi connectivity index (χ2n) is 5.89. The maximum absolute atomic E-state index is 14.1. The van der Waals surface area contributed by atoms with E-state index in [1.165, 1.54) is 12.4 Å². The Hall–Kier alpha value is -3.39. The monoisotopic (exact) mass is 399 g/mol. The first-order chi connectivity index (χ1) is 13.6. The largest absolute Gasteiger partial charge is 0.493 e. The van der Waals surface area contributed by atoms with Crippen molar-refractivity contribution in [2.45, 2.75) is 6.61 Å². The lowest BCUT2D eigenvalue weighted by Gasteiger charge is -2.13. The fraction of sp³-hybridized carbons (Fsp3) is 0.105. The second kappa shape index (κ2) is 7.69. The minimum Gasteiger partial charge on any atom is -0.493 e. The molecule has 7 nitrogen and oxygen atoms in total. The average Bonchev–Trinajstić information content (AvgIpc) is 3.21. The van der Waals surface area contributed by atoms with Crippen LogP contribution >= 0.6 is 11.6 Å². The van der Waals surface area contributed by atoms with Crippen molar-refractivity contribution in [2.75, 3.05) is 12.4 Å². The molecule has 0 fully saturated rings. The molecule has 0 saturated heterocycles. The Labute approximate surface area is 164 Å². The Morgan fingerprint density at radius 1 is 1.18 bits per heavy atom. The SMILES string of the molecule is COc1cc2c(Nc3ccc(Cl)cc3F)ncnc2cc1OCc1cn[nH]c1. The summed E-state index contributed by atoms with van der Waals surface area (Å²) in [6, 6.07) is 7.87. The van der Waals surface area contributed by atoms with E-state index in [1.54, 1.807) is 43.8 Å². The zero-order chi connectivity index (χ0) is 19.5. The molecule has 4 aromatic rings. The van der Waals surface area contributed by atoms with Crippen LogP contribution in [0.15, 0.2) is 49.1 Å². The number of aromatic nitrogens is 4. The highest BCUT2D eigenvalue weighted by Gasteiger charge is 2.13. The normalized spacial score (nSPS) is 10.8. The third kappa shape index (κ3) is 3.67. The van der Waals surface area contributed by atoms with Gasteiger partial charge in [0.05, 0.1) is 24.5 Å². The molecule has 0 spiro atoms. The van der Waals surface area contributed by atoms with Gasteiger partial charge in [0, 0.05) is 28.2 Å². The first kappa shape index (κ1) is 18.0. The molecule has 9 heteroatoms. The summed E-state index contributed by atoms with van der Waals surface area (Å²) in [6.45, 7) is 0.324. The molecule has 2 N–H and O–H groups in total. The molecule has 0 radical (unpaired) electrons. The maximum atomic E-state index is 14.1. The number of aromatic amines is 1. The first-order valence-corrected chi connectivity index (χ1v) is 8.67. The van der Waals surface area contributed by atoms with Gasteiger partial charge >= 0.3 is 0 Å². The van der Waals surface area contributed by atoms with Crippen LogP contribution in [0.2, 0.25) is 5.02 Å². The van der Waals surface area contributed by atoms with Crippen molar-refractivity contribution in [3.63, 3.8) is 0 Å². The van der Waals surface area contributed by atoms with Crippen LogP contribution in [-0.2, 0) is 6.61 Å². The fourth-order valence-electron chi connectivity index (χ4n) is 2.67. The number of H-pyrrole nitrogens is 1. The van der Waals surface area contributed by atoms with E-state index in [-0.39, 0.29) is 5.69 Å². The zero-order valence-corrected chi connectivity index (χ0v) is 15.5. The summed E-state index contributed by atoms with van der Waals surface area (Å²) >= 11 is 5.81. The summed E-state index contributed by atoms with van der Waals surface area (Å²) in [5, 5.41) is 10.6. The average molecular weight is 400 g/mol. The molecule has 142 valence electrons. The summed E-state index contributed by atoms with van der Waals surface area (Å²) in [4.78, 5) is 8.51. The number of nitrogens with zero attached hydrogens (tertiary/aromatic N) is 3. The van der Waals surface area contributed by atoms with Crippen LogP contribution in [-0.4, -0.2) is 27.3 Å². The van der Waals surface area contributed by atoms with Crippen LogP contribution in [0.5, 0.6) is 11.5 Å². The molecule has 28 heavy (non-hydrogen) atoms. The topological polar surface area (TPSA) is 84.9 Å². The number of halogens is 2. The summed E-state index contributed by atoms with van der Waals surface area (Å²) in [5.41, 5.74) is 1.77. The smallest absolute Gasteiger partial charge is 0.163 e. The minimum absolute atomic E-state index is 0.253. The summed E-state index contributed by atoms with van der Waals surface area (Å²) in [7, 11) is 1.54. The van der Waals surface area contributed by atoms with Gasteiger partial charge in [-0.25, -0.2) is 14.4 Å². The summed E-state index contributed by atoms with van der Waals surface area (Å²) in [6.07, 6.45) is 4.82. The third-order valence-electron chi connectivity index (χ3n) is 4.05. The molecule has 2 heterocycles. The van der Waals surface area contributed by atoms with Crippen molar-refractivity contribution in [3.8, 4) is 11.5 Å². The second-order valence-corrected chi connectivity index (χ2v) is 6.32. The van der Waals surface area contributed by atoms with Crippen LogP contribution in [0.1, 0.15) is 5.56 Å². The number of anilines is 2. The molecule has 0 bridgehead atoms. The predicted molar refractivity (Wildman–Crippen MR) is 104 cm³/mol. The summed E-state index contributed by atoms with van der Waals surface area (Å²) in [5.74, 6) is 0.987. The maximum Gasteiger partial charge on any atom is 0.163 e. The Bertz CT molecular complexity index is 1120. The van der Waals surface area contributed by atoms with E-state index in [0.29, 0.717) is 39.8 Å². The quantitative estimate of drug-likeness (QED) is 0.497. The van der Waals surface area contributed by atoms with E-state index in [4.69, 9.17) is 21.1 Å². The van der Waals surface area contributed by atoms with Gasteiger partial charge in [0.15, 0.2) is 11.5 Å². The molecule has 0 amide bonds. The van der Waals surface area contributed by atoms with E-state index in [9.17, 15) is 4.39 Å².